The minimum atomic E-state index is -0.427. The molecule has 0 aliphatic carbocycles. The van der Waals surface area contributed by atoms with Gasteiger partial charge in [0, 0.05) is 13.6 Å². The number of likely N-dealkylation sites (N-methyl/N-ethyl adjacent to an activating group) is 1. The Morgan fingerprint density at radius 3 is 2.23 bits per heavy atom. The van der Waals surface area contributed by atoms with E-state index in [0.29, 0.717) is 22.7 Å². The number of carbonyl (C=O) groups is 2. The lowest BCUT2D eigenvalue weighted by atomic mass is 10.0. The number of anilines is 1. The van der Waals surface area contributed by atoms with Crippen molar-refractivity contribution in [3.63, 3.8) is 0 Å². The molecular formula is C23H26N2O5. The van der Waals surface area contributed by atoms with Crippen LogP contribution in [0.25, 0.3) is 5.57 Å². The molecule has 3 rings (SSSR count). The van der Waals surface area contributed by atoms with E-state index in [1.54, 1.807) is 36.2 Å². The van der Waals surface area contributed by atoms with Crippen LogP contribution in [0.15, 0.2) is 42.1 Å². The third-order valence-corrected chi connectivity index (χ3v) is 5.30. The number of aliphatic hydroxyl groups excluding tert-OH is 1. The van der Waals surface area contributed by atoms with Crippen LogP contribution in [0, 0.1) is 13.8 Å². The highest BCUT2D eigenvalue weighted by atomic mass is 16.5. The Bertz CT molecular complexity index is 1030. The number of ether oxygens (including phenoxy) is 2. The van der Waals surface area contributed by atoms with Crippen LogP contribution in [0.3, 0.4) is 0 Å². The van der Waals surface area contributed by atoms with Crippen molar-refractivity contribution in [3.05, 3.63) is 58.8 Å². The van der Waals surface area contributed by atoms with Crippen LogP contribution < -0.4 is 14.4 Å². The number of imide groups is 1. The number of amides is 2. The molecule has 0 unspecified atom stereocenters. The summed E-state index contributed by atoms with van der Waals surface area (Å²) in [7, 11) is 4.72. The Morgan fingerprint density at radius 1 is 0.933 bits per heavy atom. The van der Waals surface area contributed by atoms with Gasteiger partial charge in [0.05, 0.1) is 32.1 Å². The molecule has 0 radical (unpaired) electrons. The Morgan fingerprint density at radius 2 is 1.63 bits per heavy atom. The summed E-state index contributed by atoms with van der Waals surface area (Å²) in [5.41, 5.74) is 3.60. The third-order valence-electron chi connectivity index (χ3n) is 5.30. The predicted octanol–water partition coefficient (Wildman–Crippen LogP) is 2.53. The van der Waals surface area contributed by atoms with Crippen LogP contribution in [0.4, 0.5) is 5.69 Å². The van der Waals surface area contributed by atoms with Crippen LogP contribution in [0.2, 0.25) is 0 Å². The molecule has 1 aliphatic heterocycles. The summed E-state index contributed by atoms with van der Waals surface area (Å²) in [6, 6.07) is 10.6. The Labute approximate surface area is 176 Å². The second-order valence-corrected chi connectivity index (χ2v) is 7.15. The van der Waals surface area contributed by atoms with Crippen LogP contribution >= 0.6 is 0 Å². The van der Waals surface area contributed by atoms with E-state index in [2.05, 4.69) is 0 Å². The summed E-state index contributed by atoms with van der Waals surface area (Å²) >= 11 is 0. The number of nitrogens with zero attached hydrogens (tertiary/aromatic N) is 2. The van der Waals surface area contributed by atoms with Crippen molar-refractivity contribution in [2.24, 2.45) is 0 Å². The Kier molecular flexibility index (Phi) is 6.12. The molecule has 0 fully saturated rings. The lowest BCUT2D eigenvalue weighted by Gasteiger charge is -2.21. The SMILES string of the molecule is COc1ccc(C2=C(N(C)CCO)C(=O)N(c3ccc(C)c(C)c3)C2=O)cc1OC. The molecule has 0 atom stereocenters. The van der Waals surface area contributed by atoms with E-state index < -0.39 is 11.8 Å². The summed E-state index contributed by atoms with van der Waals surface area (Å²) < 4.78 is 10.7. The zero-order chi connectivity index (χ0) is 22.0. The molecule has 2 amide bonds. The average molecular weight is 410 g/mol. The molecule has 158 valence electrons. The maximum absolute atomic E-state index is 13.5. The maximum atomic E-state index is 13.5. The van der Waals surface area contributed by atoms with Gasteiger partial charge in [0.15, 0.2) is 11.5 Å². The number of aliphatic hydroxyl groups is 1. The van der Waals surface area contributed by atoms with E-state index in [1.165, 1.54) is 19.1 Å². The van der Waals surface area contributed by atoms with Gasteiger partial charge in [-0.25, -0.2) is 4.90 Å². The van der Waals surface area contributed by atoms with Gasteiger partial charge in [-0.2, -0.15) is 0 Å². The number of carbonyl (C=O) groups excluding carboxylic acids is 2. The molecular weight excluding hydrogens is 384 g/mol. The molecule has 0 saturated carbocycles. The lowest BCUT2D eigenvalue weighted by molar-refractivity contribution is -0.120. The molecule has 1 heterocycles. The molecule has 1 N–H and O–H groups in total. The van der Waals surface area contributed by atoms with Gasteiger partial charge in [-0.05, 0) is 54.8 Å². The minimum absolute atomic E-state index is 0.148. The number of hydrogen-bond acceptors (Lipinski definition) is 6. The fourth-order valence-electron chi connectivity index (χ4n) is 3.49. The van der Waals surface area contributed by atoms with Gasteiger partial charge >= 0.3 is 0 Å². The summed E-state index contributed by atoms with van der Waals surface area (Å²) in [5.74, 6) is 0.130. The maximum Gasteiger partial charge on any atom is 0.282 e. The van der Waals surface area contributed by atoms with Crippen molar-refractivity contribution in [2.45, 2.75) is 13.8 Å². The zero-order valence-electron chi connectivity index (χ0n) is 17.9. The second kappa shape index (κ2) is 8.59. The van der Waals surface area contributed by atoms with E-state index in [0.717, 1.165) is 11.1 Å². The number of aryl methyl sites for hydroxylation is 2. The number of hydrogen-bond donors (Lipinski definition) is 1. The van der Waals surface area contributed by atoms with E-state index in [9.17, 15) is 14.7 Å². The monoisotopic (exact) mass is 410 g/mol. The van der Waals surface area contributed by atoms with Gasteiger partial charge in [-0.3, -0.25) is 9.59 Å². The first-order chi connectivity index (χ1) is 14.3. The number of rotatable bonds is 7. The van der Waals surface area contributed by atoms with Crippen molar-refractivity contribution in [3.8, 4) is 11.5 Å². The highest BCUT2D eigenvalue weighted by Gasteiger charge is 2.42. The Balaban J connectivity index is 2.16. The van der Waals surface area contributed by atoms with Gasteiger partial charge in [-0.15, -0.1) is 0 Å². The molecule has 2 aromatic rings. The van der Waals surface area contributed by atoms with Crippen molar-refractivity contribution in [2.75, 3.05) is 39.3 Å². The molecule has 0 spiro atoms. The van der Waals surface area contributed by atoms with E-state index in [1.807, 2.05) is 26.0 Å². The molecule has 2 aromatic carbocycles. The largest absolute Gasteiger partial charge is 0.493 e. The van der Waals surface area contributed by atoms with Crippen molar-refractivity contribution >= 4 is 23.1 Å². The van der Waals surface area contributed by atoms with E-state index in [-0.39, 0.29) is 24.4 Å². The molecule has 7 nitrogen and oxygen atoms in total. The molecule has 30 heavy (non-hydrogen) atoms. The smallest absolute Gasteiger partial charge is 0.282 e. The van der Waals surface area contributed by atoms with Crippen LogP contribution in [-0.2, 0) is 9.59 Å². The zero-order valence-corrected chi connectivity index (χ0v) is 17.9. The first-order valence-corrected chi connectivity index (χ1v) is 9.58. The van der Waals surface area contributed by atoms with Crippen LogP contribution in [0.5, 0.6) is 11.5 Å². The van der Waals surface area contributed by atoms with Crippen molar-refractivity contribution < 1.29 is 24.2 Å². The molecule has 0 bridgehead atoms. The highest BCUT2D eigenvalue weighted by Crippen LogP contribution is 2.38. The predicted molar refractivity (Wildman–Crippen MR) is 115 cm³/mol. The number of benzene rings is 2. The first-order valence-electron chi connectivity index (χ1n) is 9.58. The average Bonchev–Trinajstić information content (AvgIpc) is 3.00. The molecule has 0 aromatic heterocycles. The van der Waals surface area contributed by atoms with E-state index >= 15 is 0 Å². The molecule has 7 heteroatoms. The first kappa shape index (κ1) is 21.4. The Hall–Kier alpha value is -3.32. The third kappa shape index (κ3) is 3.64. The quantitative estimate of drug-likeness (QED) is 0.707. The van der Waals surface area contributed by atoms with Crippen molar-refractivity contribution in [1.29, 1.82) is 0 Å². The van der Waals surface area contributed by atoms with Gasteiger partial charge < -0.3 is 19.5 Å². The lowest BCUT2D eigenvalue weighted by Crippen LogP contribution is -2.35. The van der Waals surface area contributed by atoms with Gasteiger partial charge in [0.25, 0.3) is 11.8 Å². The second-order valence-electron chi connectivity index (χ2n) is 7.15. The van der Waals surface area contributed by atoms with Gasteiger partial charge in [-0.1, -0.05) is 12.1 Å². The molecule has 0 saturated heterocycles. The molecule has 1 aliphatic rings. The van der Waals surface area contributed by atoms with Gasteiger partial charge in [0.2, 0.25) is 0 Å². The topological polar surface area (TPSA) is 79.3 Å². The summed E-state index contributed by atoms with van der Waals surface area (Å²) in [5, 5.41) is 9.40. The van der Waals surface area contributed by atoms with Gasteiger partial charge in [0.1, 0.15) is 5.70 Å². The highest BCUT2D eigenvalue weighted by molar-refractivity contribution is 6.45. The minimum Gasteiger partial charge on any atom is -0.493 e. The van der Waals surface area contributed by atoms with Crippen LogP contribution in [-0.4, -0.2) is 56.2 Å². The normalized spacial score (nSPS) is 13.9. The van der Waals surface area contributed by atoms with Crippen LogP contribution in [0.1, 0.15) is 16.7 Å². The standard InChI is InChI=1S/C23H26N2O5/c1-14-6-8-17(12-15(14)2)25-22(27)20(21(23(25)28)24(3)10-11-26)16-7-9-18(29-4)19(13-16)30-5/h6-9,12-13,26H,10-11H2,1-5H3. The fourth-order valence-corrected chi connectivity index (χ4v) is 3.49. The number of methoxy groups -OCH3 is 2. The summed E-state index contributed by atoms with van der Waals surface area (Å²) in [4.78, 5) is 29.6. The fraction of sp³-hybridized carbons (Fsp3) is 0.304. The summed E-state index contributed by atoms with van der Waals surface area (Å²) in [6.07, 6.45) is 0. The summed E-state index contributed by atoms with van der Waals surface area (Å²) in [6.45, 7) is 3.97. The van der Waals surface area contributed by atoms with E-state index in [4.69, 9.17) is 9.47 Å². The van der Waals surface area contributed by atoms with Crippen molar-refractivity contribution in [1.82, 2.24) is 4.90 Å².